The molecule has 2 nitrogen and oxygen atoms in total. The van der Waals surface area contributed by atoms with Crippen molar-refractivity contribution in [2.45, 2.75) is 26.2 Å². The van der Waals surface area contributed by atoms with Crippen molar-refractivity contribution in [2.24, 2.45) is 0 Å². The first-order valence-electron chi connectivity index (χ1n) is 6.03. The van der Waals surface area contributed by atoms with E-state index in [0.717, 1.165) is 27.8 Å². The zero-order chi connectivity index (χ0) is 12.5. The Hall–Kier alpha value is -0.0600. The summed E-state index contributed by atoms with van der Waals surface area (Å²) < 4.78 is 7.69. The predicted octanol–water partition coefficient (Wildman–Crippen LogP) is 4.37. The Kier molecular flexibility index (Phi) is 7.90. The number of unbranched alkanes of at least 4 members (excludes halogenated alkanes) is 2. The molecule has 0 amide bonds. The van der Waals surface area contributed by atoms with E-state index in [4.69, 9.17) is 4.74 Å². The maximum atomic E-state index is 5.72. The zero-order valence-electron chi connectivity index (χ0n) is 10.1. The molecule has 0 atom stereocenters. The summed E-state index contributed by atoms with van der Waals surface area (Å²) in [7, 11) is 0. The van der Waals surface area contributed by atoms with E-state index in [2.05, 4.69) is 44.1 Å². The molecule has 1 aromatic carbocycles. The van der Waals surface area contributed by atoms with Gasteiger partial charge in [-0.25, -0.2) is 0 Å². The van der Waals surface area contributed by atoms with Gasteiger partial charge in [-0.15, -0.1) is 0 Å². The Morgan fingerprint density at radius 2 is 1.82 bits per heavy atom. The van der Waals surface area contributed by atoms with Crippen LogP contribution in [0.1, 0.15) is 26.2 Å². The molecule has 96 valence electrons. The van der Waals surface area contributed by atoms with Gasteiger partial charge in [-0.3, -0.25) is 0 Å². The van der Waals surface area contributed by atoms with Gasteiger partial charge in [-0.1, -0.05) is 25.8 Å². The van der Waals surface area contributed by atoms with E-state index >= 15 is 0 Å². The minimum absolute atomic E-state index is 0.688. The maximum Gasteiger partial charge on any atom is 0.147 e. The Labute approximate surface area is 120 Å². The van der Waals surface area contributed by atoms with E-state index in [-0.39, 0.29) is 0 Å². The van der Waals surface area contributed by atoms with Crippen LogP contribution in [0.3, 0.4) is 0 Å². The number of benzene rings is 1. The van der Waals surface area contributed by atoms with Crippen LogP contribution in [0.5, 0.6) is 5.75 Å². The molecule has 1 N–H and O–H groups in total. The first-order chi connectivity index (χ1) is 8.25. The Morgan fingerprint density at radius 1 is 1.12 bits per heavy atom. The summed E-state index contributed by atoms with van der Waals surface area (Å²) in [5, 5.41) is 3.37. The van der Waals surface area contributed by atoms with Crippen LogP contribution < -0.4 is 10.1 Å². The van der Waals surface area contributed by atoms with Crippen LogP contribution in [0.2, 0.25) is 0 Å². The van der Waals surface area contributed by atoms with Gasteiger partial charge in [-0.2, -0.15) is 0 Å². The number of nitrogens with one attached hydrogen (secondary N) is 1. The summed E-state index contributed by atoms with van der Waals surface area (Å²) >= 11 is 6.95. The lowest BCUT2D eigenvalue weighted by atomic mass is 10.2. The highest BCUT2D eigenvalue weighted by Gasteiger charge is 2.04. The molecule has 0 aromatic heterocycles. The van der Waals surface area contributed by atoms with Crippen LogP contribution in [0, 0.1) is 0 Å². The molecular weight excluding hydrogens is 346 g/mol. The summed E-state index contributed by atoms with van der Waals surface area (Å²) in [6.07, 6.45) is 3.81. The minimum Gasteiger partial charge on any atom is -0.490 e. The van der Waals surface area contributed by atoms with Gasteiger partial charge in [0, 0.05) is 6.54 Å². The van der Waals surface area contributed by atoms with Gasteiger partial charge < -0.3 is 10.1 Å². The summed E-state index contributed by atoms with van der Waals surface area (Å²) in [4.78, 5) is 0. The van der Waals surface area contributed by atoms with Gasteiger partial charge in [0.1, 0.15) is 12.4 Å². The zero-order valence-corrected chi connectivity index (χ0v) is 13.3. The van der Waals surface area contributed by atoms with Gasteiger partial charge in [0.05, 0.1) is 8.95 Å². The SMILES string of the molecule is CCCCCNCCOc1c(Br)cccc1Br. The van der Waals surface area contributed by atoms with Crippen molar-refractivity contribution in [3.63, 3.8) is 0 Å². The molecule has 0 heterocycles. The average Bonchev–Trinajstić information content (AvgIpc) is 2.31. The molecule has 0 aliphatic heterocycles. The van der Waals surface area contributed by atoms with E-state index in [9.17, 15) is 0 Å². The van der Waals surface area contributed by atoms with Crippen LogP contribution in [-0.4, -0.2) is 19.7 Å². The molecule has 0 saturated carbocycles. The number of hydrogen-bond donors (Lipinski definition) is 1. The minimum atomic E-state index is 0.688. The molecule has 1 rings (SSSR count). The van der Waals surface area contributed by atoms with Crippen molar-refractivity contribution in [3.05, 3.63) is 27.1 Å². The quantitative estimate of drug-likeness (QED) is 0.691. The molecule has 0 bridgehead atoms. The molecule has 0 spiro atoms. The first kappa shape index (κ1) is 15.0. The molecule has 0 aliphatic rings. The van der Waals surface area contributed by atoms with E-state index in [1.54, 1.807) is 0 Å². The summed E-state index contributed by atoms with van der Waals surface area (Å²) in [5.41, 5.74) is 0. The van der Waals surface area contributed by atoms with Crippen LogP contribution in [-0.2, 0) is 0 Å². The van der Waals surface area contributed by atoms with Gasteiger partial charge in [-0.05, 0) is 57.0 Å². The number of para-hydroxylation sites is 1. The molecule has 17 heavy (non-hydrogen) atoms. The third-order valence-electron chi connectivity index (χ3n) is 2.40. The molecule has 0 fully saturated rings. The Bertz CT molecular complexity index is 311. The number of halogens is 2. The van der Waals surface area contributed by atoms with E-state index in [1.165, 1.54) is 19.3 Å². The lowest BCUT2D eigenvalue weighted by Crippen LogP contribution is -2.22. The third-order valence-corrected chi connectivity index (χ3v) is 3.65. The monoisotopic (exact) mass is 363 g/mol. The summed E-state index contributed by atoms with van der Waals surface area (Å²) in [6.45, 7) is 4.87. The summed E-state index contributed by atoms with van der Waals surface area (Å²) in [5.74, 6) is 0.878. The number of rotatable bonds is 8. The highest BCUT2D eigenvalue weighted by atomic mass is 79.9. The lowest BCUT2D eigenvalue weighted by Gasteiger charge is -2.10. The summed E-state index contributed by atoms with van der Waals surface area (Å²) in [6, 6.07) is 5.94. The standard InChI is InChI=1S/C13H19Br2NO/c1-2-3-4-8-16-9-10-17-13-11(14)6-5-7-12(13)15/h5-7,16H,2-4,8-10H2,1H3. The largest absolute Gasteiger partial charge is 0.490 e. The average molecular weight is 365 g/mol. The molecule has 0 radical (unpaired) electrons. The van der Waals surface area contributed by atoms with Crippen LogP contribution >= 0.6 is 31.9 Å². The highest BCUT2D eigenvalue weighted by molar-refractivity contribution is 9.11. The van der Waals surface area contributed by atoms with E-state index in [0.29, 0.717) is 6.61 Å². The van der Waals surface area contributed by atoms with Crippen molar-refractivity contribution in [1.82, 2.24) is 5.32 Å². The smallest absolute Gasteiger partial charge is 0.147 e. The molecular formula is C13H19Br2NO. The molecule has 4 heteroatoms. The van der Waals surface area contributed by atoms with Crippen LogP contribution in [0.4, 0.5) is 0 Å². The topological polar surface area (TPSA) is 21.3 Å². The van der Waals surface area contributed by atoms with Gasteiger partial charge >= 0.3 is 0 Å². The highest BCUT2D eigenvalue weighted by Crippen LogP contribution is 2.32. The van der Waals surface area contributed by atoms with Crippen molar-refractivity contribution in [2.75, 3.05) is 19.7 Å². The fourth-order valence-electron chi connectivity index (χ4n) is 1.47. The van der Waals surface area contributed by atoms with Crippen molar-refractivity contribution < 1.29 is 4.74 Å². The fourth-order valence-corrected chi connectivity index (χ4v) is 2.70. The number of ether oxygens (including phenoxy) is 1. The predicted molar refractivity (Wildman–Crippen MR) is 79.7 cm³/mol. The molecule has 0 unspecified atom stereocenters. The van der Waals surface area contributed by atoms with Crippen LogP contribution in [0.25, 0.3) is 0 Å². The maximum absolute atomic E-state index is 5.72. The van der Waals surface area contributed by atoms with Crippen LogP contribution in [0.15, 0.2) is 27.1 Å². The Morgan fingerprint density at radius 3 is 2.47 bits per heavy atom. The Balaban J connectivity index is 2.18. The van der Waals surface area contributed by atoms with Crippen molar-refractivity contribution >= 4 is 31.9 Å². The lowest BCUT2D eigenvalue weighted by molar-refractivity contribution is 0.310. The normalized spacial score (nSPS) is 10.5. The van der Waals surface area contributed by atoms with Crippen molar-refractivity contribution in [3.8, 4) is 5.75 Å². The molecule has 0 saturated heterocycles. The first-order valence-corrected chi connectivity index (χ1v) is 7.61. The second-order valence-corrected chi connectivity index (χ2v) is 5.57. The second kappa shape index (κ2) is 8.95. The molecule has 0 aliphatic carbocycles. The second-order valence-electron chi connectivity index (χ2n) is 3.86. The van der Waals surface area contributed by atoms with Crippen molar-refractivity contribution in [1.29, 1.82) is 0 Å². The van der Waals surface area contributed by atoms with Gasteiger partial charge in [0.25, 0.3) is 0 Å². The van der Waals surface area contributed by atoms with E-state index in [1.807, 2.05) is 18.2 Å². The van der Waals surface area contributed by atoms with Gasteiger partial charge in [0.15, 0.2) is 0 Å². The number of hydrogen-bond acceptors (Lipinski definition) is 2. The fraction of sp³-hybridized carbons (Fsp3) is 0.538. The third kappa shape index (κ3) is 5.89. The van der Waals surface area contributed by atoms with Gasteiger partial charge in [0.2, 0.25) is 0 Å². The molecule has 1 aromatic rings. The van der Waals surface area contributed by atoms with E-state index < -0.39 is 0 Å².